The summed E-state index contributed by atoms with van der Waals surface area (Å²) in [6.07, 6.45) is 5.31. The van der Waals surface area contributed by atoms with Crippen LogP contribution in [0.1, 0.15) is 12.0 Å². The van der Waals surface area contributed by atoms with Crippen molar-refractivity contribution in [3.05, 3.63) is 66.5 Å². The number of amides is 1. The fourth-order valence-corrected chi connectivity index (χ4v) is 4.62. The predicted octanol–water partition coefficient (Wildman–Crippen LogP) is 2.36. The highest BCUT2D eigenvalue weighted by Gasteiger charge is 2.28. The molecule has 1 N–H and O–H groups in total. The number of nitrogens with zero attached hydrogens (tertiary/aromatic N) is 3. The molecule has 7 nitrogen and oxygen atoms in total. The Morgan fingerprint density at radius 3 is 2.63 bits per heavy atom. The SMILES string of the molecule is O=C(/C=C/c1ccc(N2CCCS2(=O)=O)cc1)Nn1cnc2ccccc21. The van der Waals surface area contributed by atoms with E-state index in [4.69, 9.17) is 0 Å². The van der Waals surface area contributed by atoms with E-state index in [0.29, 0.717) is 18.7 Å². The van der Waals surface area contributed by atoms with Crippen molar-refractivity contribution in [2.45, 2.75) is 6.42 Å². The second-order valence-electron chi connectivity index (χ2n) is 6.25. The summed E-state index contributed by atoms with van der Waals surface area (Å²) in [5, 5.41) is 0. The molecule has 1 aliphatic heterocycles. The summed E-state index contributed by atoms with van der Waals surface area (Å²) in [4.78, 5) is 16.4. The lowest BCUT2D eigenvalue weighted by atomic mass is 10.2. The predicted molar refractivity (Wildman–Crippen MR) is 105 cm³/mol. The van der Waals surface area contributed by atoms with Gasteiger partial charge in [-0.1, -0.05) is 24.3 Å². The Labute approximate surface area is 157 Å². The maximum absolute atomic E-state index is 12.2. The third-order valence-electron chi connectivity index (χ3n) is 4.39. The van der Waals surface area contributed by atoms with E-state index < -0.39 is 10.0 Å². The van der Waals surface area contributed by atoms with Crippen molar-refractivity contribution in [3.63, 3.8) is 0 Å². The Bertz CT molecular complexity index is 1120. The fourth-order valence-electron chi connectivity index (χ4n) is 3.06. The first-order chi connectivity index (χ1) is 13.0. The molecule has 1 aromatic heterocycles. The molecule has 0 saturated carbocycles. The minimum Gasteiger partial charge on any atom is -0.270 e. The topological polar surface area (TPSA) is 84.3 Å². The highest BCUT2D eigenvalue weighted by Crippen LogP contribution is 2.24. The molecule has 1 saturated heterocycles. The van der Waals surface area contributed by atoms with Gasteiger partial charge in [0.25, 0.3) is 5.91 Å². The van der Waals surface area contributed by atoms with Crippen LogP contribution in [-0.2, 0) is 14.8 Å². The minimum atomic E-state index is -3.18. The van der Waals surface area contributed by atoms with Gasteiger partial charge in [0.15, 0.2) is 0 Å². The normalized spacial score (nSPS) is 16.2. The van der Waals surface area contributed by atoms with Crippen LogP contribution in [0, 0.1) is 0 Å². The van der Waals surface area contributed by atoms with Gasteiger partial charge < -0.3 is 0 Å². The van der Waals surface area contributed by atoms with Crippen LogP contribution in [-0.4, -0.2) is 36.3 Å². The minimum absolute atomic E-state index is 0.192. The van der Waals surface area contributed by atoms with E-state index in [2.05, 4.69) is 10.4 Å². The Hall–Kier alpha value is -3.13. The van der Waals surface area contributed by atoms with E-state index in [0.717, 1.165) is 16.6 Å². The second-order valence-corrected chi connectivity index (χ2v) is 8.26. The van der Waals surface area contributed by atoms with E-state index in [-0.39, 0.29) is 11.7 Å². The zero-order chi connectivity index (χ0) is 18.9. The quantitative estimate of drug-likeness (QED) is 0.702. The number of rotatable bonds is 4. The number of imidazole rings is 1. The van der Waals surface area contributed by atoms with Crippen molar-refractivity contribution >= 4 is 38.7 Å². The summed E-state index contributed by atoms with van der Waals surface area (Å²) < 4.78 is 26.9. The maximum atomic E-state index is 12.2. The summed E-state index contributed by atoms with van der Waals surface area (Å²) in [6, 6.07) is 14.6. The number of fused-ring (bicyclic) bond motifs is 1. The number of carbonyl (C=O) groups is 1. The zero-order valence-electron chi connectivity index (χ0n) is 14.4. The highest BCUT2D eigenvalue weighted by atomic mass is 32.2. The first-order valence-corrected chi connectivity index (χ1v) is 10.2. The summed E-state index contributed by atoms with van der Waals surface area (Å²) in [5.41, 5.74) is 5.82. The van der Waals surface area contributed by atoms with E-state index in [1.807, 2.05) is 24.3 Å². The maximum Gasteiger partial charge on any atom is 0.262 e. The van der Waals surface area contributed by atoms with Crippen molar-refractivity contribution in [1.82, 2.24) is 9.66 Å². The Balaban J connectivity index is 1.44. The van der Waals surface area contributed by atoms with Gasteiger partial charge >= 0.3 is 0 Å². The number of hydrogen-bond donors (Lipinski definition) is 1. The largest absolute Gasteiger partial charge is 0.270 e. The number of aromatic nitrogens is 2. The number of para-hydroxylation sites is 2. The zero-order valence-corrected chi connectivity index (χ0v) is 15.3. The molecule has 8 heteroatoms. The van der Waals surface area contributed by atoms with Crippen LogP contribution in [0.5, 0.6) is 0 Å². The number of benzene rings is 2. The Morgan fingerprint density at radius 1 is 1.11 bits per heavy atom. The summed E-state index contributed by atoms with van der Waals surface area (Å²) in [6.45, 7) is 0.513. The molecule has 1 amide bonds. The lowest BCUT2D eigenvalue weighted by Crippen LogP contribution is -2.24. The third-order valence-corrected chi connectivity index (χ3v) is 6.26. The molecule has 0 bridgehead atoms. The van der Waals surface area contributed by atoms with Gasteiger partial charge in [-0.2, -0.15) is 0 Å². The van der Waals surface area contributed by atoms with Crippen molar-refractivity contribution in [3.8, 4) is 0 Å². The lowest BCUT2D eigenvalue weighted by Gasteiger charge is -2.16. The molecule has 1 aliphatic rings. The molecule has 3 aromatic rings. The number of carbonyl (C=O) groups excluding carboxylic acids is 1. The summed E-state index contributed by atoms with van der Waals surface area (Å²) in [5.74, 6) is -0.0954. The molecule has 2 aromatic carbocycles. The van der Waals surface area contributed by atoms with Crippen LogP contribution in [0.15, 0.2) is 60.9 Å². The molecule has 1 fully saturated rings. The van der Waals surface area contributed by atoms with Gasteiger partial charge in [-0.25, -0.2) is 18.1 Å². The van der Waals surface area contributed by atoms with Crippen LogP contribution in [0.2, 0.25) is 0 Å². The van der Waals surface area contributed by atoms with Crippen LogP contribution >= 0.6 is 0 Å². The smallest absolute Gasteiger partial charge is 0.262 e. The van der Waals surface area contributed by atoms with Gasteiger partial charge in [0.2, 0.25) is 10.0 Å². The van der Waals surface area contributed by atoms with E-state index in [1.165, 1.54) is 10.4 Å². The first kappa shape index (κ1) is 17.3. The molecule has 0 radical (unpaired) electrons. The molecule has 0 atom stereocenters. The molecule has 27 heavy (non-hydrogen) atoms. The molecule has 0 aliphatic carbocycles. The monoisotopic (exact) mass is 382 g/mol. The number of nitrogens with one attached hydrogen (secondary N) is 1. The van der Waals surface area contributed by atoms with Gasteiger partial charge in [0, 0.05) is 12.6 Å². The van der Waals surface area contributed by atoms with Gasteiger partial charge in [-0.05, 0) is 42.3 Å². The molecule has 0 spiro atoms. The highest BCUT2D eigenvalue weighted by molar-refractivity contribution is 7.93. The van der Waals surface area contributed by atoms with Crippen molar-refractivity contribution < 1.29 is 13.2 Å². The molecular formula is C19H18N4O3S. The molecule has 0 unspecified atom stereocenters. The van der Waals surface area contributed by atoms with Crippen molar-refractivity contribution in [1.29, 1.82) is 0 Å². The van der Waals surface area contributed by atoms with E-state index >= 15 is 0 Å². The standard InChI is InChI=1S/C19H18N4O3S/c24-19(21-22-14-20-17-4-1-2-5-18(17)22)11-8-15-6-9-16(10-7-15)23-12-3-13-27(23,25)26/h1-2,4-11,14H,3,12-13H2,(H,21,24)/b11-8+. The number of anilines is 1. The fraction of sp³-hybridized carbons (Fsp3) is 0.158. The van der Waals surface area contributed by atoms with Crippen LogP contribution in [0.3, 0.4) is 0 Å². The third kappa shape index (κ3) is 3.56. The van der Waals surface area contributed by atoms with Gasteiger partial charge in [-0.15, -0.1) is 0 Å². The molecule has 2 heterocycles. The molecule has 4 rings (SSSR count). The first-order valence-electron chi connectivity index (χ1n) is 8.55. The van der Waals surface area contributed by atoms with Crippen LogP contribution < -0.4 is 9.73 Å². The average molecular weight is 382 g/mol. The second kappa shape index (κ2) is 6.88. The number of hydrogen-bond acceptors (Lipinski definition) is 4. The average Bonchev–Trinajstić information content (AvgIpc) is 3.23. The van der Waals surface area contributed by atoms with Crippen molar-refractivity contribution in [2.75, 3.05) is 22.0 Å². The Morgan fingerprint density at radius 2 is 1.89 bits per heavy atom. The summed E-state index contributed by atoms with van der Waals surface area (Å²) in [7, 11) is -3.18. The van der Waals surface area contributed by atoms with Crippen LogP contribution in [0.25, 0.3) is 17.1 Å². The van der Waals surface area contributed by atoms with E-state index in [9.17, 15) is 13.2 Å². The molecule has 138 valence electrons. The summed E-state index contributed by atoms with van der Waals surface area (Å²) >= 11 is 0. The van der Waals surface area contributed by atoms with Gasteiger partial charge in [0.1, 0.15) is 6.33 Å². The van der Waals surface area contributed by atoms with Gasteiger partial charge in [0.05, 0.1) is 22.5 Å². The molecular weight excluding hydrogens is 364 g/mol. The number of sulfonamides is 1. The van der Waals surface area contributed by atoms with Gasteiger partial charge in [-0.3, -0.25) is 14.5 Å². The lowest BCUT2D eigenvalue weighted by molar-refractivity contribution is -0.112. The van der Waals surface area contributed by atoms with E-state index in [1.54, 1.807) is 41.3 Å². The van der Waals surface area contributed by atoms with Crippen LogP contribution in [0.4, 0.5) is 5.69 Å². The Kier molecular flexibility index (Phi) is 4.41. The van der Waals surface area contributed by atoms with Crippen molar-refractivity contribution in [2.24, 2.45) is 0 Å².